The fourth-order valence-electron chi connectivity index (χ4n) is 5.86. The lowest BCUT2D eigenvalue weighted by Crippen LogP contribution is -2.12. The van der Waals surface area contributed by atoms with Gasteiger partial charge >= 0.3 is 0 Å². The zero-order valence-corrected chi connectivity index (χ0v) is 23.0. The lowest BCUT2D eigenvalue weighted by atomic mass is 9.88. The number of hydrogen-bond donors (Lipinski definition) is 0. The first kappa shape index (κ1) is 23.6. The molecule has 8 aromatic rings. The SMILES string of the molecule is CC(C)(C)c1ccnc(-n2c3ccccc3c3ccc(Oc4ccc5c6ncccc6n6cccc6c5n4)cc32)c1. The van der Waals surface area contributed by atoms with Crippen LogP contribution in [0.2, 0.25) is 0 Å². The Morgan fingerprint density at radius 3 is 2.32 bits per heavy atom. The molecule has 6 heteroatoms. The Morgan fingerprint density at radius 2 is 1.41 bits per heavy atom. The van der Waals surface area contributed by atoms with E-state index in [1.165, 1.54) is 10.9 Å². The summed E-state index contributed by atoms with van der Waals surface area (Å²) in [6, 6.07) is 31.1. The molecule has 0 atom stereocenters. The van der Waals surface area contributed by atoms with Gasteiger partial charge in [0, 0.05) is 46.9 Å². The average molecular weight is 534 g/mol. The van der Waals surface area contributed by atoms with Crippen LogP contribution < -0.4 is 4.74 Å². The van der Waals surface area contributed by atoms with Gasteiger partial charge in [-0.05, 0) is 71.6 Å². The van der Waals surface area contributed by atoms with Crippen LogP contribution in [-0.4, -0.2) is 23.9 Å². The predicted octanol–water partition coefficient (Wildman–Crippen LogP) is 8.62. The van der Waals surface area contributed by atoms with E-state index in [4.69, 9.17) is 14.7 Å². The van der Waals surface area contributed by atoms with Crippen LogP contribution in [0.15, 0.2) is 110 Å². The normalized spacial score (nSPS) is 12.3. The van der Waals surface area contributed by atoms with E-state index in [2.05, 4.69) is 101 Å². The second-order valence-corrected chi connectivity index (χ2v) is 11.5. The molecule has 6 nitrogen and oxygen atoms in total. The van der Waals surface area contributed by atoms with Crippen LogP contribution in [-0.2, 0) is 5.41 Å². The van der Waals surface area contributed by atoms with Crippen LogP contribution in [0.1, 0.15) is 26.3 Å². The second kappa shape index (κ2) is 8.63. The first-order chi connectivity index (χ1) is 20.0. The molecule has 6 aromatic heterocycles. The molecule has 0 fully saturated rings. The van der Waals surface area contributed by atoms with Crippen LogP contribution in [0, 0.1) is 0 Å². The van der Waals surface area contributed by atoms with Gasteiger partial charge in [-0.25, -0.2) is 9.97 Å². The molecule has 0 saturated heterocycles. The zero-order valence-electron chi connectivity index (χ0n) is 23.0. The Kier molecular flexibility index (Phi) is 4.98. The molecule has 0 radical (unpaired) electrons. The largest absolute Gasteiger partial charge is 0.439 e. The van der Waals surface area contributed by atoms with Crippen LogP contribution >= 0.6 is 0 Å². The summed E-state index contributed by atoms with van der Waals surface area (Å²) >= 11 is 0. The van der Waals surface area contributed by atoms with Gasteiger partial charge < -0.3 is 9.14 Å². The summed E-state index contributed by atoms with van der Waals surface area (Å²) in [7, 11) is 0. The molecule has 8 rings (SSSR count). The molecular formula is C35H27N5O. The highest BCUT2D eigenvalue weighted by atomic mass is 16.5. The van der Waals surface area contributed by atoms with Crippen LogP contribution in [0.5, 0.6) is 11.6 Å². The van der Waals surface area contributed by atoms with Gasteiger partial charge in [-0.2, -0.15) is 0 Å². The number of para-hydroxylation sites is 1. The molecule has 198 valence electrons. The fourth-order valence-corrected chi connectivity index (χ4v) is 5.86. The van der Waals surface area contributed by atoms with Gasteiger partial charge in [-0.15, -0.1) is 0 Å². The Labute approximate surface area is 236 Å². The molecule has 0 bridgehead atoms. The molecule has 41 heavy (non-hydrogen) atoms. The van der Waals surface area contributed by atoms with Crippen molar-refractivity contribution in [1.82, 2.24) is 23.9 Å². The minimum absolute atomic E-state index is 0.0126. The maximum atomic E-state index is 6.42. The van der Waals surface area contributed by atoms with Gasteiger partial charge in [0.05, 0.1) is 27.6 Å². The highest BCUT2D eigenvalue weighted by Gasteiger charge is 2.18. The summed E-state index contributed by atoms with van der Waals surface area (Å²) in [6.07, 6.45) is 5.77. The van der Waals surface area contributed by atoms with E-state index < -0.39 is 0 Å². The van der Waals surface area contributed by atoms with Crippen molar-refractivity contribution >= 4 is 49.3 Å². The van der Waals surface area contributed by atoms with Crippen molar-refractivity contribution in [2.75, 3.05) is 0 Å². The van der Waals surface area contributed by atoms with Crippen molar-refractivity contribution in [3.05, 3.63) is 115 Å². The number of pyridine rings is 4. The highest BCUT2D eigenvalue weighted by molar-refractivity contribution is 6.10. The monoisotopic (exact) mass is 533 g/mol. The summed E-state index contributed by atoms with van der Waals surface area (Å²) in [5.41, 5.74) is 7.24. The molecule has 0 aliphatic heterocycles. The number of rotatable bonds is 3. The molecule has 0 spiro atoms. The van der Waals surface area contributed by atoms with Gasteiger partial charge in [0.15, 0.2) is 0 Å². The second-order valence-electron chi connectivity index (χ2n) is 11.5. The van der Waals surface area contributed by atoms with Gasteiger partial charge in [0.1, 0.15) is 17.1 Å². The van der Waals surface area contributed by atoms with E-state index in [0.717, 1.165) is 49.7 Å². The van der Waals surface area contributed by atoms with E-state index in [0.29, 0.717) is 11.6 Å². The molecule has 0 unspecified atom stereocenters. The van der Waals surface area contributed by atoms with E-state index in [-0.39, 0.29) is 5.41 Å². The van der Waals surface area contributed by atoms with Crippen molar-refractivity contribution in [3.8, 4) is 17.4 Å². The number of nitrogens with zero attached hydrogens (tertiary/aromatic N) is 5. The van der Waals surface area contributed by atoms with Gasteiger partial charge in [-0.1, -0.05) is 39.0 Å². The Balaban J connectivity index is 1.29. The van der Waals surface area contributed by atoms with E-state index in [1.807, 2.05) is 42.9 Å². The summed E-state index contributed by atoms with van der Waals surface area (Å²) in [5.74, 6) is 2.14. The highest BCUT2D eigenvalue weighted by Crippen LogP contribution is 2.36. The topological polar surface area (TPSA) is 57.2 Å². The first-order valence-electron chi connectivity index (χ1n) is 13.8. The zero-order chi connectivity index (χ0) is 27.7. The molecule has 0 N–H and O–H groups in total. The maximum Gasteiger partial charge on any atom is 0.219 e. The third kappa shape index (κ3) is 3.68. The number of hydrogen-bond acceptors (Lipinski definition) is 4. The van der Waals surface area contributed by atoms with Crippen LogP contribution in [0.3, 0.4) is 0 Å². The third-order valence-electron chi connectivity index (χ3n) is 7.87. The lowest BCUT2D eigenvalue weighted by Gasteiger charge is -2.20. The molecule has 6 heterocycles. The van der Waals surface area contributed by atoms with Gasteiger partial charge in [0.25, 0.3) is 0 Å². The summed E-state index contributed by atoms with van der Waals surface area (Å²) < 4.78 is 10.8. The van der Waals surface area contributed by atoms with Crippen LogP contribution in [0.25, 0.3) is 55.1 Å². The van der Waals surface area contributed by atoms with Gasteiger partial charge in [-0.3, -0.25) is 9.55 Å². The average Bonchev–Trinajstić information content (AvgIpc) is 3.60. The van der Waals surface area contributed by atoms with E-state index >= 15 is 0 Å². The van der Waals surface area contributed by atoms with Crippen LogP contribution in [0.4, 0.5) is 0 Å². The summed E-state index contributed by atoms with van der Waals surface area (Å²) in [4.78, 5) is 14.4. The molecule has 2 aromatic carbocycles. The van der Waals surface area contributed by atoms with Crippen molar-refractivity contribution in [1.29, 1.82) is 0 Å². The van der Waals surface area contributed by atoms with Crippen molar-refractivity contribution < 1.29 is 4.74 Å². The number of aromatic nitrogens is 5. The van der Waals surface area contributed by atoms with E-state index in [9.17, 15) is 0 Å². The lowest BCUT2D eigenvalue weighted by molar-refractivity contribution is 0.466. The van der Waals surface area contributed by atoms with E-state index in [1.54, 1.807) is 0 Å². The van der Waals surface area contributed by atoms with Crippen molar-refractivity contribution in [2.24, 2.45) is 0 Å². The number of ether oxygens (including phenoxy) is 1. The number of fused-ring (bicyclic) bond motifs is 9. The fraction of sp³-hybridized carbons (Fsp3) is 0.114. The molecule has 0 aliphatic carbocycles. The third-order valence-corrected chi connectivity index (χ3v) is 7.87. The minimum Gasteiger partial charge on any atom is -0.439 e. The Morgan fingerprint density at radius 1 is 0.634 bits per heavy atom. The standard InChI is InChI=1S/C35H27N5O/c1-35(2,3)22-16-18-36-31(20-22)40-27-9-5-4-8-24(27)25-13-12-23(21-30(25)40)41-32-15-14-26-33-28(10-6-17-37-33)39-19-7-11-29(39)34(26)38-32/h4-21H,1-3H3. The molecule has 0 amide bonds. The quantitative estimate of drug-likeness (QED) is 0.213. The minimum atomic E-state index is 0.0126. The van der Waals surface area contributed by atoms with Gasteiger partial charge in [0.2, 0.25) is 5.88 Å². The Hall–Kier alpha value is -5.23. The molecule has 0 aliphatic rings. The number of benzene rings is 2. The summed E-state index contributed by atoms with van der Waals surface area (Å²) in [5, 5.41) is 3.32. The Bertz CT molecular complexity index is 2290. The summed E-state index contributed by atoms with van der Waals surface area (Å²) in [6.45, 7) is 6.67. The van der Waals surface area contributed by atoms with Crippen molar-refractivity contribution in [3.63, 3.8) is 0 Å². The molecule has 0 saturated carbocycles. The molecular weight excluding hydrogens is 506 g/mol. The smallest absolute Gasteiger partial charge is 0.219 e. The maximum absolute atomic E-state index is 6.42. The first-order valence-corrected chi connectivity index (χ1v) is 13.8. The predicted molar refractivity (Wildman–Crippen MR) is 165 cm³/mol. The van der Waals surface area contributed by atoms with Crippen molar-refractivity contribution in [2.45, 2.75) is 26.2 Å².